The van der Waals surface area contributed by atoms with Crippen molar-refractivity contribution < 1.29 is 9.59 Å². The summed E-state index contributed by atoms with van der Waals surface area (Å²) in [7, 11) is 0. The van der Waals surface area contributed by atoms with Crippen molar-refractivity contribution in [2.24, 2.45) is 5.73 Å². The molecule has 0 spiro atoms. The highest BCUT2D eigenvalue weighted by molar-refractivity contribution is 6.30. The topological polar surface area (TPSA) is 78.7 Å². The van der Waals surface area contributed by atoms with Gasteiger partial charge in [0.1, 0.15) is 0 Å². The summed E-state index contributed by atoms with van der Waals surface area (Å²) < 4.78 is 0. The molecule has 7 heteroatoms. The molecule has 0 saturated carbocycles. The predicted octanol–water partition coefficient (Wildman–Crippen LogP) is 0.0591. The fraction of sp³-hybridized carbons (Fsp3) is 0.467. The van der Waals surface area contributed by atoms with Gasteiger partial charge in [0.05, 0.1) is 13.1 Å². The Morgan fingerprint density at radius 2 is 1.95 bits per heavy atom. The number of nitrogens with two attached hydrogens (primary N) is 1. The van der Waals surface area contributed by atoms with Gasteiger partial charge in [-0.3, -0.25) is 14.5 Å². The molecular formula is C15H21ClN4O2. The fourth-order valence-corrected chi connectivity index (χ4v) is 2.62. The van der Waals surface area contributed by atoms with Crippen molar-refractivity contribution in [1.29, 1.82) is 0 Å². The number of hydrogen-bond acceptors (Lipinski definition) is 4. The fourth-order valence-electron chi connectivity index (χ4n) is 2.41. The Labute approximate surface area is 135 Å². The van der Waals surface area contributed by atoms with Gasteiger partial charge >= 0.3 is 0 Å². The number of hydrogen-bond donors (Lipinski definition) is 2. The standard InChI is InChI=1S/C15H21ClN4O2/c16-13-3-1-2-12(8-13)11-19-4-6-20(7-5-19)15(22)10-18-14(21)9-17/h1-3,8H,4-7,9-11,17H2,(H,18,21). The lowest BCUT2D eigenvalue weighted by Gasteiger charge is -2.34. The number of nitrogens with zero attached hydrogens (tertiary/aromatic N) is 2. The van der Waals surface area contributed by atoms with E-state index in [1.807, 2.05) is 24.3 Å². The van der Waals surface area contributed by atoms with E-state index in [2.05, 4.69) is 10.2 Å². The van der Waals surface area contributed by atoms with E-state index in [-0.39, 0.29) is 24.9 Å². The predicted molar refractivity (Wildman–Crippen MR) is 85.4 cm³/mol. The van der Waals surface area contributed by atoms with Crippen molar-refractivity contribution in [2.45, 2.75) is 6.54 Å². The largest absolute Gasteiger partial charge is 0.346 e. The molecule has 0 unspecified atom stereocenters. The van der Waals surface area contributed by atoms with Crippen LogP contribution in [0.2, 0.25) is 5.02 Å². The van der Waals surface area contributed by atoms with Gasteiger partial charge < -0.3 is 16.0 Å². The number of carbonyl (C=O) groups excluding carboxylic acids is 2. The highest BCUT2D eigenvalue weighted by atomic mass is 35.5. The summed E-state index contributed by atoms with van der Waals surface area (Å²) >= 11 is 5.98. The lowest BCUT2D eigenvalue weighted by molar-refractivity contribution is -0.134. The highest BCUT2D eigenvalue weighted by Crippen LogP contribution is 2.13. The van der Waals surface area contributed by atoms with E-state index in [9.17, 15) is 9.59 Å². The van der Waals surface area contributed by atoms with E-state index in [1.54, 1.807) is 4.90 Å². The first-order valence-corrected chi connectivity index (χ1v) is 7.67. The minimum Gasteiger partial charge on any atom is -0.346 e. The SMILES string of the molecule is NCC(=O)NCC(=O)N1CCN(Cc2cccc(Cl)c2)CC1. The molecule has 0 bridgehead atoms. The summed E-state index contributed by atoms with van der Waals surface area (Å²) in [5.74, 6) is -0.378. The maximum atomic E-state index is 12.0. The molecule has 1 aromatic carbocycles. The monoisotopic (exact) mass is 324 g/mol. The zero-order valence-electron chi connectivity index (χ0n) is 12.4. The molecule has 1 aromatic rings. The molecule has 0 aliphatic carbocycles. The van der Waals surface area contributed by atoms with Crippen LogP contribution < -0.4 is 11.1 Å². The van der Waals surface area contributed by atoms with E-state index in [0.29, 0.717) is 13.1 Å². The van der Waals surface area contributed by atoms with Crippen LogP contribution in [0.15, 0.2) is 24.3 Å². The van der Waals surface area contributed by atoms with Crippen molar-refractivity contribution in [3.8, 4) is 0 Å². The van der Waals surface area contributed by atoms with Gasteiger partial charge in [0.15, 0.2) is 0 Å². The zero-order valence-corrected chi connectivity index (χ0v) is 13.2. The Kier molecular flexibility index (Phi) is 6.18. The number of halogens is 1. The van der Waals surface area contributed by atoms with Crippen molar-refractivity contribution in [3.63, 3.8) is 0 Å². The molecule has 1 saturated heterocycles. The first kappa shape index (κ1) is 16.7. The first-order valence-electron chi connectivity index (χ1n) is 7.30. The summed E-state index contributed by atoms with van der Waals surface area (Å²) in [6.45, 7) is 3.69. The quantitative estimate of drug-likeness (QED) is 0.803. The van der Waals surface area contributed by atoms with Crippen LogP contribution in [0.5, 0.6) is 0 Å². The van der Waals surface area contributed by atoms with E-state index < -0.39 is 0 Å². The third kappa shape index (κ3) is 4.98. The van der Waals surface area contributed by atoms with E-state index in [0.717, 1.165) is 24.7 Å². The average Bonchev–Trinajstić information content (AvgIpc) is 2.53. The van der Waals surface area contributed by atoms with Gasteiger partial charge in [-0.25, -0.2) is 0 Å². The smallest absolute Gasteiger partial charge is 0.242 e. The number of piperazine rings is 1. The number of carbonyl (C=O) groups is 2. The summed E-state index contributed by atoms with van der Waals surface area (Å²) in [5, 5.41) is 3.24. The Balaban J connectivity index is 1.75. The maximum Gasteiger partial charge on any atom is 0.242 e. The summed E-state index contributed by atoms with van der Waals surface area (Å²) in [6.07, 6.45) is 0. The Morgan fingerprint density at radius 3 is 2.59 bits per heavy atom. The van der Waals surface area contributed by atoms with Gasteiger partial charge in [0.2, 0.25) is 11.8 Å². The minimum absolute atomic E-state index is 0.0182. The van der Waals surface area contributed by atoms with Gasteiger partial charge in [-0.1, -0.05) is 23.7 Å². The van der Waals surface area contributed by atoms with Crippen LogP contribution in [0, 0.1) is 0 Å². The van der Waals surface area contributed by atoms with Gasteiger partial charge in [0, 0.05) is 37.7 Å². The second-order valence-electron chi connectivity index (χ2n) is 5.27. The number of nitrogens with one attached hydrogen (secondary N) is 1. The zero-order chi connectivity index (χ0) is 15.9. The summed E-state index contributed by atoms with van der Waals surface area (Å²) in [6, 6.07) is 7.81. The van der Waals surface area contributed by atoms with Crippen LogP contribution in [0.25, 0.3) is 0 Å². The molecule has 2 amide bonds. The number of amides is 2. The second kappa shape index (κ2) is 8.12. The molecule has 0 radical (unpaired) electrons. The molecule has 1 fully saturated rings. The van der Waals surface area contributed by atoms with Crippen LogP contribution in [0.1, 0.15) is 5.56 Å². The van der Waals surface area contributed by atoms with Crippen molar-refractivity contribution in [1.82, 2.24) is 15.1 Å². The average molecular weight is 325 g/mol. The molecule has 1 aliphatic rings. The van der Waals surface area contributed by atoms with Gasteiger partial charge in [-0.05, 0) is 17.7 Å². The van der Waals surface area contributed by atoms with Crippen LogP contribution >= 0.6 is 11.6 Å². The van der Waals surface area contributed by atoms with Crippen molar-refractivity contribution >= 4 is 23.4 Å². The van der Waals surface area contributed by atoms with Crippen LogP contribution in [0.3, 0.4) is 0 Å². The first-order chi connectivity index (χ1) is 10.6. The number of benzene rings is 1. The molecule has 1 heterocycles. The molecule has 22 heavy (non-hydrogen) atoms. The van der Waals surface area contributed by atoms with E-state index in [1.165, 1.54) is 5.56 Å². The van der Waals surface area contributed by atoms with E-state index >= 15 is 0 Å². The Morgan fingerprint density at radius 1 is 1.23 bits per heavy atom. The molecule has 0 aromatic heterocycles. The molecule has 2 rings (SSSR count). The maximum absolute atomic E-state index is 12.0. The van der Waals surface area contributed by atoms with Crippen LogP contribution in [-0.4, -0.2) is 60.9 Å². The summed E-state index contributed by atoms with van der Waals surface area (Å²) in [5.41, 5.74) is 6.35. The van der Waals surface area contributed by atoms with Gasteiger partial charge in [-0.2, -0.15) is 0 Å². The molecule has 3 N–H and O–H groups in total. The van der Waals surface area contributed by atoms with Gasteiger partial charge in [0.25, 0.3) is 0 Å². The normalized spacial score (nSPS) is 15.6. The van der Waals surface area contributed by atoms with E-state index in [4.69, 9.17) is 17.3 Å². The van der Waals surface area contributed by atoms with Crippen molar-refractivity contribution in [2.75, 3.05) is 39.3 Å². The third-order valence-electron chi connectivity index (χ3n) is 3.64. The Hall–Kier alpha value is -1.63. The second-order valence-corrected chi connectivity index (χ2v) is 5.70. The molecule has 0 atom stereocenters. The number of rotatable bonds is 5. The highest BCUT2D eigenvalue weighted by Gasteiger charge is 2.21. The van der Waals surface area contributed by atoms with Crippen LogP contribution in [-0.2, 0) is 16.1 Å². The Bertz CT molecular complexity index is 530. The molecule has 120 valence electrons. The molecular weight excluding hydrogens is 304 g/mol. The lowest BCUT2D eigenvalue weighted by atomic mass is 10.2. The minimum atomic E-state index is -0.312. The molecule has 6 nitrogen and oxygen atoms in total. The molecule has 1 aliphatic heterocycles. The van der Waals surface area contributed by atoms with Gasteiger partial charge in [-0.15, -0.1) is 0 Å². The van der Waals surface area contributed by atoms with Crippen LogP contribution in [0.4, 0.5) is 0 Å². The van der Waals surface area contributed by atoms with Crippen molar-refractivity contribution in [3.05, 3.63) is 34.9 Å². The third-order valence-corrected chi connectivity index (χ3v) is 3.88. The lowest BCUT2D eigenvalue weighted by Crippen LogP contribution is -2.51. The summed E-state index contributed by atoms with van der Waals surface area (Å²) in [4.78, 5) is 27.1.